The molecular weight excluding hydrogens is 151 g/mol. The normalized spacial score (nSPS) is 25.4. The SMILES string of the molecule is FC1=CCCC=C1C1CCCC1. The van der Waals surface area contributed by atoms with Crippen LogP contribution in [0, 0.1) is 5.92 Å². The molecule has 0 nitrogen and oxygen atoms in total. The van der Waals surface area contributed by atoms with Gasteiger partial charge in [-0.25, -0.2) is 4.39 Å². The quantitative estimate of drug-likeness (QED) is 0.556. The van der Waals surface area contributed by atoms with Crippen molar-refractivity contribution in [3.63, 3.8) is 0 Å². The molecule has 0 atom stereocenters. The van der Waals surface area contributed by atoms with Gasteiger partial charge < -0.3 is 0 Å². The summed E-state index contributed by atoms with van der Waals surface area (Å²) in [5, 5.41) is 0. The Kier molecular flexibility index (Phi) is 2.29. The minimum absolute atomic E-state index is 0.0631. The first-order valence-corrected chi connectivity index (χ1v) is 4.94. The minimum Gasteiger partial charge on any atom is -0.207 e. The van der Waals surface area contributed by atoms with Crippen molar-refractivity contribution in [1.29, 1.82) is 0 Å². The van der Waals surface area contributed by atoms with E-state index in [1.807, 2.05) is 0 Å². The summed E-state index contributed by atoms with van der Waals surface area (Å²) in [4.78, 5) is 0. The molecule has 0 radical (unpaired) electrons. The van der Waals surface area contributed by atoms with Crippen LogP contribution in [0.2, 0.25) is 0 Å². The van der Waals surface area contributed by atoms with Crippen LogP contribution in [0.5, 0.6) is 0 Å². The molecule has 2 rings (SSSR count). The lowest BCUT2D eigenvalue weighted by Crippen LogP contribution is -2.02. The lowest BCUT2D eigenvalue weighted by molar-refractivity contribution is 0.555. The van der Waals surface area contributed by atoms with E-state index in [2.05, 4.69) is 6.08 Å². The summed E-state index contributed by atoms with van der Waals surface area (Å²) in [6, 6.07) is 0. The van der Waals surface area contributed by atoms with E-state index in [0.717, 1.165) is 18.4 Å². The van der Waals surface area contributed by atoms with Gasteiger partial charge in [-0.1, -0.05) is 18.9 Å². The summed E-state index contributed by atoms with van der Waals surface area (Å²) in [7, 11) is 0. The van der Waals surface area contributed by atoms with E-state index in [0.29, 0.717) is 5.92 Å². The van der Waals surface area contributed by atoms with E-state index < -0.39 is 0 Å². The van der Waals surface area contributed by atoms with E-state index in [4.69, 9.17) is 0 Å². The molecule has 66 valence electrons. The monoisotopic (exact) mass is 166 g/mol. The topological polar surface area (TPSA) is 0 Å². The third kappa shape index (κ3) is 1.45. The Bertz CT molecular complexity index is 219. The van der Waals surface area contributed by atoms with Gasteiger partial charge in [-0.15, -0.1) is 0 Å². The predicted octanol–water partition coefficient (Wildman–Crippen LogP) is 3.75. The van der Waals surface area contributed by atoms with Gasteiger partial charge in [0, 0.05) is 0 Å². The van der Waals surface area contributed by atoms with Crippen LogP contribution in [0.1, 0.15) is 38.5 Å². The Morgan fingerprint density at radius 3 is 2.42 bits per heavy atom. The summed E-state index contributed by atoms with van der Waals surface area (Å²) in [6.45, 7) is 0. The summed E-state index contributed by atoms with van der Waals surface area (Å²) in [5.74, 6) is 0.606. The van der Waals surface area contributed by atoms with Gasteiger partial charge >= 0.3 is 0 Å². The summed E-state index contributed by atoms with van der Waals surface area (Å²) in [6.07, 6.45) is 10.8. The molecule has 2 aliphatic carbocycles. The van der Waals surface area contributed by atoms with Crippen LogP contribution in [0.15, 0.2) is 23.6 Å². The Balaban J connectivity index is 2.10. The number of halogens is 1. The van der Waals surface area contributed by atoms with Gasteiger partial charge in [0.2, 0.25) is 0 Å². The molecule has 0 aliphatic heterocycles. The zero-order chi connectivity index (χ0) is 8.39. The van der Waals surface area contributed by atoms with Crippen molar-refractivity contribution in [3.05, 3.63) is 23.6 Å². The van der Waals surface area contributed by atoms with Crippen LogP contribution >= 0.6 is 0 Å². The second kappa shape index (κ2) is 3.42. The first-order chi connectivity index (χ1) is 5.88. The molecule has 0 amide bonds. The molecule has 0 spiro atoms. The van der Waals surface area contributed by atoms with Crippen molar-refractivity contribution < 1.29 is 4.39 Å². The largest absolute Gasteiger partial charge is 0.207 e. The average Bonchev–Trinajstić information content (AvgIpc) is 2.57. The van der Waals surface area contributed by atoms with Crippen molar-refractivity contribution in [2.24, 2.45) is 5.92 Å². The van der Waals surface area contributed by atoms with E-state index in [1.54, 1.807) is 6.08 Å². The Morgan fingerprint density at radius 1 is 1.08 bits per heavy atom. The molecule has 1 heteroatoms. The summed E-state index contributed by atoms with van der Waals surface area (Å²) < 4.78 is 13.3. The van der Waals surface area contributed by atoms with Gasteiger partial charge in [0.1, 0.15) is 5.83 Å². The van der Waals surface area contributed by atoms with Crippen molar-refractivity contribution in [3.8, 4) is 0 Å². The van der Waals surface area contributed by atoms with Crippen LogP contribution in [-0.2, 0) is 0 Å². The predicted molar refractivity (Wildman–Crippen MR) is 48.5 cm³/mol. The fraction of sp³-hybridized carbons (Fsp3) is 0.636. The highest BCUT2D eigenvalue weighted by Gasteiger charge is 2.22. The zero-order valence-corrected chi connectivity index (χ0v) is 7.35. The highest BCUT2D eigenvalue weighted by molar-refractivity contribution is 5.31. The first kappa shape index (κ1) is 8.03. The molecule has 0 unspecified atom stereocenters. The number of hydrogen-bond donors (Lipinski definition) is 0. The molecule has 0 aromatic rings. The lowest BCUT2D eigenvalue weighted by Gasteiger charge is -2.15. The van der Waals surface area contributed by atoms with Crippen molar-refractivity contribution in [2.75, 3.05) is 0 Å². The molecule has 0 aromatic heterocycles. The molecular formula is C11H15F. The van der Waals surface area contributed by atoms with Gasteiger partial charge in [0.05, 0.1) is 0 Å². The third-order valence-electron chi connectivity index (χ3n) is 2.93. The van der Waals surface area contributed by atoms with E-state index >= 15 is 0 Å². The highest BCUT2D eigenvalue weighted by Crippen LogP contribution is 2.37. The molecule has 0 saturated heterocycles. The number of allylic oxidation sites excluding steroid dienone is 4. The first-order valence-electron chi connectivity index (χ1n) is 4.94. The Morgan fingerprint density at radius 2 is 1.75 bits per heavy atom. The Labute approximate surface area is 73.2 Å². The molecule has 12 heavy (non-hydrogen) atoms. The smallest absolute Gasteiger partial charge is 0.122 e. The standard InChI is InChI=1S/C11H15F/c12-11-8-4-3-7-10(11)9-5-1-2-6-9/h7-9H,1-6H2. The van der Waals surface area contributed by atoms with Gasteiger partial charge in [-0.2, -0.15) is 0 Å². The van der Waals surface area contributed by atoms with Gasteiger partial charge in [-0.05, 0) is 43.3 Å². The number of hydrogen-bond acceptors (Lipinski definition) is 0. The second-order valence-corrected chi connectivity index (χ2v) is 3.77. The summed E-state index contributed by atoms with van der Waals surface area (Å²) >= 11 is 0. The maximum atomic E-state index is 13.3. The second-order valence-electron chi connectivity index (χ2n) is 3.77. The van der Waals surface area contributed by atoms with Crippen molar-refractivity contribution >= 4 is 0 Å². The Hall–Kier alpha value is -0.590. The fourth-order valence-electron chi connectivity index (χ4n) is 2.26. The zero-order valence-electron chi connectivity index (χ0n) is 7.35. The maximum Gasteiger partial charge on any atom is 0.122 e. The van der Waals surface area contributed by atoms with Crippen LogP contribution in [0.3, 0.4) is 0 Å². The van der Waals surface area contributed by atoms with Gasteiger partial charge in [0.15, 0.2) is 0 Å². The molecule has 0 aromatic carbocycles. The van der Waals surface area contributed by atoms with Gasteiger partial charge in [-0.3, -0.25) is 0 Å². The molecule has 1 fully saturated rings. The van der Waals surface area contributed by atoms with Crippen LogP contribution in [0.25, 0.3) is 0 Å². The molecule has 0 bridgehead atoms. The van der Waals surface area contributed by atoms with Crippen LogP contribution in [0.4, 0.5) is 4.39 Å². The lowest BCUT2D eigenvalue weighted by atomic mass is 9.92. The minimum atomic E-state index is 0.0631. The molecule has 0 N–H and O–H groups in total. The van der Waals surface area contributed by atoms with Gasteiger partial charge in [0.25, 0.3) is 0 Å². The average molecular weight is 166 g/mol. The van der Waals surface area contributed by atoms with E-state index in [9.17, 15) is 4.39 Å². The van der Waals surface area contributed by atoms with Crippen molar-refractivity contribution in [1.82, 2.24) is 0 Å². The van der Waals surface area contributed by atoms with E-state index in [-0.39, 0.29) is 5.83 Å². The van der Waals surface area contributed by atoms with Crippen LogP contribution in [-0.4, -0.2) is 0 Å². The van der Waals surface area contributed by atoms with Crippen molar-refractivity contribution in [2.45, 2.75) is 38.5 Å². The molecule has 0 heterocycles. The fourth-order valence-corrected chi connectivity index (χ4v) is 2.26. The van der Waals surface area contributed by atoms with E-state index in [1.165, 1.54) is 25.7 Å². The molecule has 2 aliphatic rings. The number of rotatable bonds is 1. The third-order valence-corrected chi connectivity index (χ3v) is 2.93. The maximum absolute atomic E-state index is 13.3. The molecule has 1 saturated carbocycles. The highest BCUT2D eigenvalue weighted by atomic mass is 19.1. The van der Waals surface area contributed by atoms with Crippen LogP contribution < -0.4 is 0 Å². The summed E-state index contributed by atoms with van der Waals surface area (Å²) in [5.41, 5.74) is 1.01.